The minimum Gasteiger partial charge on any atom is -0.462 e. The monoisotopic (exact) mass is 765 g/mol. The summed E-state index contributed by atoms with van der Waals surface area (Å²) in [6.07, 6.45) is 42.4. The molecule has 0 aromatic rings. The lowest BCUT2D eigenvalue weighted by atomic mass is 9.99. The Morgan fingerprint density at radius 2 is 0.648 bits per heavy atom. The largest absolute Gasteiger partial charge is 0.462 e. The Balaban J connectivity index is 4.19. The topological polar surface area (TPSA) is 78.9 Å². The molecule has 0 radical (unpaired) electrons. The van der Waals surface area contributed by atoms with Gasteiger partial charge in [0.05, 0.1) is 0 Å². The molecule has 0 aliphatic rings. The van der Waals surface area contributed by atoms with Crippen molar-refractivity contribution in [2.24, 2.45) is 5.92 Å². The molecule has 0 bridgehead atoms. The third-order valence-electron chi connectivity index (χ3n) is 11.2. The van der Waals surface area contributed by atoms with Gasteiger partial charge >= 0.3 is 17.9 Å². The van der Waals surface area contributed by atoms with Crippen molar-refractivity contribution in [1.29, 1.82) is 0 Å². The van der Waals surface area contributed by atoms with E-state index in [1.54, 1.807) is 0 Å². The van der Waals surface area contributed by atoms with Crippen molar-refractivity contribution in [3.05, 3.63) is 0 Å². The van der Waals surface area contributed by atoms with Gasteiger partial charge in [-0.2, -0.15) is 0 Å². The van der Waals surface area contributed by atoms with Crippen molar-refractivity contribution in [2.75, 3.05) is 13.2 Å². The molecule has 1 unspecified atom stereocenters. The van der Waals surface area contributed by atoms with Crippen molar-refractivity contribution >= 4 is 17.9 Å². The molecular formula is C48H92O6. The molecule has 0 aliphatic carbocycles. The van der Waals surface area contributed by atoms with Crippen LogP contribution in [0.3, 0.4) is 0 Å². The Morgan fingerprint density at radius 1 is 0.370 bits per heavy atom. The maximum atomic E-state index is 12.6. The molecule has 2 atom stereocenters. The Labute approximate surface area is 336 Å². The molecule has 0 spiro atoms. The first kappa shape index (κ1) is 52.4. The van der Waals surface area contributed by atoms with E-state index < -0.39 is 6.10 Å². The van der Waals surface area contributed by atoms with E-state index >= 15 is 0 Å². The molecule has 0 amide bonds. The van der Waals surface area contributed by atoms with Crippen LogP contribution < -0.4 is 0 Å². The van der Waals surface area contributed by atoms with Gasteiger partial charge < -0.3 is 14.2 Å². The zero-order valence-electron chi connectivity index (χ0n) is 36.7. The number of esters is 3. The predicted molar refractivity (Wildman–Crippen MR) is 229 cm³/mol. The molecule has 0 N–H and O–H groups in total. The second-order valence-electron chi connectivity index (χ2n) is 16.6. The molecule has 0 aliphatic heterocycles. The Kier molecular flexibility index (Phi) is 41.3. The van der Waals surface area contributed by atoms with Gasteiger partial charge in [0.15, 0.2) is 6.10 Å². The van der Waals surface area contributed by atoms with Crippen LogP contribution in [0, 0.1) is 5.92 Å². The van der Waals surface area contributed by atoms with Gasteiger partial charge in [0.25, 0.3) is 0 Å². The predicted octanol–water partition coefficient (Wildman–Crippen LogP) is 15.1. The smallest absolute Gasteiger partial charge is 0.306 e. The van der Waals surface area contributed by atoms with Gasteiger partial charge in [-0.15, -0.1) is 0 Å². The lowest BCUT2D eigenvalue weighted by Gasteiger charge is -2.18. The molecule has 0 fully saturated rings. The summed E-state index contributed by atoms with van der Waals surface area (Å²) in [5, 5.41) is 0. The highest BCUT2D eigenvalue weighted by molar-refractivity contribution is 5.71. The molecule has 6 nitrogen and oxygen atoms in total. The molecule has 0 aromatic heterocycles. The molecule has 54 heavy (non-hydrogen) atoms. The minimum absolute atomic E-state index is 0.0643. The van der Waals surface area contributed by atoms with E-state index in [4.69, 9.17) is 14.2 Å². The van der Waals surface area contributed by atoms with Crippen LogP contribution in [0.25, 0.3) is 0 Å². The van der Waals surface area contributed by atoms with Crippen LogP contribution in [0.4, 0.5) is 0 Å². The second kappa shape index (κ2) is 42.6. The van der Waals surface area contributed by atoms with E-state index in [-0.39, 0.29) is 31.1 Å². The Bertz CT molecular complexity index is 813. The third-order valence-corrected chi connectivity index (χ3v) is 11.2. The van der Waals surface area contributed by atoms with Gasteiger partial charge in [-0.05, 0) is 25.2 Å². The van der Waals surface area contributed by atoms with E-state index in [1.807, 2.05) is 0 Å². The maximum absolute atomic E-state index is 12.6. The van der Waals surface area contributed by atoms with Gasteiger partial charge in [0.2, 0.25) is 0 Å². The quantitative estimate of drug-likeness (QED) is 0.0349. The van der Waals surface area contributed by atoms with Crippen molar-refractivity contribution in [3.63, 3.8) is 0 Å². The van der Waals surface area contributed by atoms with Crippen molar-refractivity contribution in [1.82, 2.24) is 0 Å². The normalized spacial score (nSPS) is 12.4. The highest BCUT2D eigenvalue weighted by atomic mass is 16.6. The van der Waals surface area contributed by atoms with Gasteiger partial charge in [0, 0.05) is 19.3 Å². The van der Waals surface area contributed by atoms with Gasteiger partial charge in [0.1, 0.15) is 13.2 Å². The third kappa shape index (κ3) is 40.1. The first-order valence-corrected chi connectivity index (χ1v) is 23.9. The summed E-state index contributed by atoms with van der Waals surface area (Å²) >= 11 is 0. The summed E-state index contributed by atoms with van der Waals surface area (Å²) < 4.78 is 16.7. The average molecular weight is 765 g/mol. The Morgan fingerprint density at radius 3 is 0.963 bits per heavy atom. The second-order valence-corrected chi connectivity index (χ2v) is 16.6. The summed E-state index contributed by atoms with van der Waals surface area (Å²) in [5.41, 5.74) is 0. The molecule has 0 saturated heterocycles. The molecule has 6 heteroatoms. The molecule has 320 valence electrons. The van der Waals surface area contributed by atoms with Crippen LogP contribution in [0.15, 0.2) is 0 Å². The summed E-state index contributed by atoms with van der Waals surface area (Å²) in [7, 11) is 0. The number of hydrogen-bond donors (Lipinski definition) is 0. The lowest BCUT2D eigenvalue weighted by molar-refractivity contribution is -0.167. The SMILES string of the molecule is CCCCCCCCCCCCCCCCCCCC(=O)OC[C@H](COC(=O)CCCCCCCCCCC(C)CC)OC(=O)CCCCCCCCC. The van der Waals surface area contributed by atoms with Crippen molar-refractivity contribution in [2.45, 2.75) is 271 Å². The van der Waals surface area contributed by atoms with Crippen LogP contribution in [-0.4, -0.2) is 37.2 Å². The standard InChI is InChI=1S/C48H92O6/c1-5-8-10-12-14-15-16-17-18-19-20-21-22-23-28-31-35-39-46(49)52-42-45(54-48(51)41-37-33-26-13-11-9-6-2)43-53-47(50)40-36-32-29-25-24-27-30-34-38-44(4)7-3/h44-45H,5-43H2,1-4H3/t44?,45-/m1/s1. The van der Waals surface area contributed by atoms with Gasteiger partial charge in [-0.25, -0.2) is 0 Å². The van der Waals surface area contributed by atoms with Crippen LogP contribution in [0.2, 0.25) is 0 Å². The van der Waals surface area contributed by atoms with Crippen LogP contribution in [-0.2, 0) is 28.6 Å². The van der Waals surface area contributed by atoms with Crippen molar-refractivity contribution in [3.8, 4) is 0 Å². The minimum atomic E-state index is -0.759. The summed E-state index contributed by atoms with van der Waals surface area (Å²) in [4.78, 5) is 37.6. The highest BCUT2D eigenvalue weighted by Gasteiger charge is 2.19. The average Bonchev–Trinajstić information content (AvgIpc) is 3.17. The van der Waals surface area contributed by atoms with Gasteiger partial charge in [-0.3, -0.25) is 14.4 Å². The molecule has 0 heterocycles. The number of carbonyl (C=O) groups is 3. The summed E-state index contributed by atoms with van der Waals surface area (Å²) in [6.45, 7) is 8.97. The number of unbranched alkanes of at least 4 members (excludes halogenated alkanes) is 29. The summed E-state index contributed by atoms with van der Waals surface area (Å²) in [5.74, 6) is -0.0112. The fourth-order valence-corrected chi connectivity index (χ4v) is 7.12. The van der Waals surface area contributed by atoms with E-state index in [9.17, 15) is 14.4 Å². The fourth-order valence-electron chi connectivity index (χ4n) is 7.12. The molecule has 0 saturated carbocycles. The summed E-state index contributed by atoms with van der Waals surface area (Å²) in [6, 6.07) is 0. The van der Waals surface area contributed by atoms with E-state index in [0.717, 1.165) is 63.7 Å². The van der Waals surface area contributed by atoms with Crippen molar-refractivity contribution < 1.29 is 28.6 Å². The van der Waals surface area contributed by atoms with Gasteiger partial charge in [-0.1, -0.05) is 227 Å². The van der Waals surface area contributed by atoms with Crippen LogP contribution >= 0.6 is 0 Å². The zero-order valence-corrected chi connectivity index (χ0v) is 36.7. The maximum Gasteiger partial charge on any atom is 0.306 e. The molecule has 0 aromatic carbocycles. The fraction of sp³-hybridized carbons (Fsp3) is 0.938. The zero-order chi connectivity index (χ0) is 39.6. The van der Waals surface area contributed by atoms with Crippen LogP contribution in [0.5, 0.6) is 0 Å². The number of rotatable bonds is 43. The number of ether oxygens (including phenoxy) is 3. The van der Waals surface area contributed by atoms with E-state index in [2.05, 4.69) is 27.7 Å². The molecular weight excluding hydrogens is 673 g/mol. The highest BCUT2D eigenvalue weighted by Crippen LogP contribution is 2.17. The number of hydrogen-bond acceptors (Lipinski definition) is 6. The van der Waals surface area contributed by atoms with E-state index in [0.29, 0.717) is 19.3 Å². The van der Waals surface area contributed by atoms with Crippen LogP contribution in [0.1, 0.15) is 265 Å². The number of carbonyl (C=O) groups excluding carboxylic acids is 3. The van der Waals surface area contributed by atoms with E-state index in [1.165, 1.54) is 161 Å². The first-order chi connectivity index (χ1) is 26.4. The lowest BCUT2D eigenvalue weighted by Crippen LogP contribution is -2.30. The first-order valence-electron chi connectivity index (χ1n) is 23.9. The Hall–Kier alpha value is -1.59. The molecule has 0 rings (SSSR count).